The highest BCUT2D eigenvalue weighted by molar-refractivity contribution is 5.81. The number of nitrogens with two attached hydrogens (primary N) is 1. The number of nitrogens with zero attached hydrogens (tertiary/aromatic N) is 2. The molecule has 0 aliphatic rings. The van der Waals surface area contributed by atoms with Gasteiger partial charge in [0.25, 0.3) is 0 Å². The zero-order chi connectivity index (χ0) is 16.8. The van der Waals surface area contributed by atoms with Crippen molar-refractivity contribution in [2.75, 3.05) is 24.2 Å². The Labute approximate surface area is 141 Å². The van der Waals surface area contributed by atoms with Crippen LogP contribution >= 0.6 is 0 Å². The first kappa shape index (κ1) is 16.1. The Morgan fingerprint density at radius 3 is 2.75 bits per heavy atom. The number of benzene rings is 2. The fourth-order valence-corrected chi connectivity index (χ4v) is 2.43. The average molecular weight is 322 g/mol. The Morgan fingerprint density at radius 1 is 1.12 bits per heavy atom. The van der Waals surface area contributed by atoms with Gasteiger partial charge in [-0.05, 0) is 48.7 Å². The molecule has 0 aliphatic carbocycles. The number of fused-ring (bicyclic) bond motifs is 1. The first-order chi connectivity index (χ1) is 11.7. The summed E-state index contributed by atoms with van der Waals surface area (Å²) >= 11 is 0. The number of aromatic nitrogens is 2. The highest BCUT2D eigenvalue weighted by Crippen LogP contribution is 2.16. The summed E-state index contributed by atoms with van der Waals surface area (Å²) in [6.07, 6.45) is 3.71. The molecule has 0 unspecified atom stereocenters. The summed E-state index contributed by atoms with van der Waals surface area (Å²) in [6.45, 7) is 3.63. The van der Waals surface area contributed by atoms with Crippen molar-refractivity contribution in [3.8, 4) is 5.75 Å². The number of rotatable bonds is 7. The summed E-state index contributed by atoms with van der Waals surface area (Å²) in [7, 11) is 0. The maximum Gasteiger partial charge on any atom is 0.223 e. The number of ether oxygens (including phenoxy) is 1. The number of hydrogen-bond donors (Lipinski definition) is 2. The van der Waals surface area contributed by atoms with Gasteiger partial charge in [0, 0.05) is 23.8 Å². The second-order valence-corrected chi connectivity index (χ2v) is 5.68. The maximum atomic E-state index is 5.76. The molecular formula is C19H22N4O. The van der Waals surface area contributed by atoms with Gasteiger partial charge in [-0.2, -0.15) is 0 Å². The molecule has 0 atom stereocenters. The van der Waals surface area contributed by atoms with Crippen LogP contribution in [0.4, 0.5) is 11.6 Å². The lowest BCUT2D eigenvalue weighted by atomic mass is 10.1. The van der Waals surface area contributed by atoms with E-state index in [1.807, 2.05) is 30.3 Å². The predicted molar refractivity (Wildman–Crippen MR) is 98.4 cm³/mol. The van der Waals surface area contributed by atoms with Gasteiger partial charge < -0.3 is 15.8 Å². The van der Waals surface area contributed by atoms with Gasteiger partial charge >= 0.3 is 0 Å². The van der Waals surface area contributed by atoms with Crippen molar-refractivity contribution in [1.29, 1.82) is 0 Å². The van der Waals surface area contributed by atoms with E-state index >= 15 is 0 Å². The molecule has 3 rings (SSSR count). The lowest BCUT2D eigenvalue weighted by Gasteiger charge is -2.08. The van der Waals surface area contributed by atoms with Crippen LogP contribution in [0.1, 0.15) is 18.9 Å². The smallest absolute Gasteiger partial charge is 0.223 e. The van der Waals surface area contributed by atoms with E-state index in [-0.39, 0.29) is 0 Å². The van der Waals surface area contributed by atoms with Gasteiger partial charge in [0.15, 0.2) is 0 Å². The number of nitrogens with one attached hydrogen (secondary N) is 1. The predicted octanol–water partition coefficient (Wildman–Crippen LogP) is 3.66. The SMILES string of the molecule is CCCOc1ccc(CCNc2ncc3cc(N)ccc3n2)cc1. The van der Waals surface area contributed by atoms with Crippen molar-refractivity contribution in [1.82, 2.24) is 9.97 Å². The van der Waals surface area contributed by atoms with Gasteiger partial charge in [0.05, 0.1) is 12.1 Å². The zero-order valence-corrected chi connectivity index (χ0v) is 13.8. The Bertz CT molecular complexity index is 802. The van der Waals surface area contributed by atoms with Gasteiger partial charge in [-0.15, -0.1) is 0 Å². The summed E-state index contributed by atoms with van der Waals surface area (Å²) < 4.78 is 5.59. The molecule has 0 spiro atoms. The Hall–Kier alpha value is -2.82. The summed E-state index contributed by atoms with van der Waals surface area (Å²) in [6, 6.07) is 13.9. The van der Waals surface area contributed by atoms with Crippen LogP contribution in [-0.4, -0.2) is 23.1 Å². The normalized spacial score (nSPS) is 10.7. The van der Waals surface area contributed by atoms with Crippen LogP contribution in [-0.2, 0) is 6.42 Å². The molecule has 124 valence electrons. The van der Waals surface area contributed by atoms with Crippen molar-refractivity contribution in [3.05, 3.63) is 54.2 Å². The fraction of sp³-hybridized carbons (Fsp3) is 0.263. The van der Waals surface area contributed by atoms with Crippen LogP contribution in [0.2, 0.25) is 0 Å². The van der Waals surface area contributed by atoms with Crippen molar-refractivity contribution in [2.45, 2.75) is 19.8 Å². The molecule has 5 heteroatoms. The van der Waals surface area contributed by atoms with Crippen LogP contribution in [0.25, 0.3) is 10.9 Å². The molecule has 3 aromatic rings. The third kappa shape index (κ3) is 4.13. The summed E-state index contributed by atoms with van der Waals surface area (Å²) in [5, 5.41) is 4.21. The van der Waals surface area contributed by atoms with E-state index in [1.165, 1.54) is 5.56 Å². The van der Waals surface area contributed by atoms with Gasteiger partial charge in [0.2, 0.25) is 5.95 Å². The summed E-state index contributed by atoms with van der Waals surface area (Å²) in [4.78, 5) is 8.83. The molecule has 2 aromatic carbocycles. The van der Waals surface area contributed by atoms with E-state index in [2.05, 4.69) is 34.3 Å². The lowest BCUT2D eigenvalue weighted by Crippen LogP contribution is -2.08. The van der Waals surface area contributed by atoms with Crippen molar-refractivity contribution >= 4 is 22.5 Å². The van der Waals surface area contributed by atoms with E-state index in [9.17, 15) is 0 Å². The molecule has 0 aliphatic heterocycles. The zero-order valence-electron chi connectivity index (χ0n) is 13.8. The number of nitrogen functional groups attached to an aromatic ring is 1. The minimum absolute atomic E-state index is 0.634. The van der Waals surface area contributed by atoms with Crippen LogP contribution in [0.3, 0.4) is 0 Å². The van der Waals surface area contributed by atoms with Crippen LogP contribution in [0.5, 0.6) is 5.75 Å². The van der Waals surface area contributed by atoms with Gasteiger partial charge in [-0.25, -0.2) is 9.97 Å². The molecule has 1 heterocycles. The first-order valence-electron chi connectivity index (χ1n) is 8.22. The largest absolute Gasteiger partial charge is 0.494 e. The Morgan fingerprint density at radius 2 is 1.96 bits per heavy atom. The highest BCUT2D eigenvalue weighted by Gasteiger charge is 2.01. The molecule has 5 nitrogen and oxygen atoms in total. The van der Waals surface area contributed by atoms with Crippen LogP contribution < -0.4 is 15.8 Å². The standard InChI is InChI=1S/C19H22N4O/c1-2-11-24-17-6-3-14(4-7-17)9-10-21-19-22-13-15-12-16(20)5-8-18(15)23-19/h3-8,12-13H,2,9-11,20H2,1H3,(H,21,22,23). The second-order valence-electron chi connectivity index (χ2n) is 5.68. The van der Waals surface area contributed by atoms with E-state index < -0.39 is 0 Å². The Kier molecular flexibility index (Phi) is 5.11. The molecule has 0 saturated carbocycles. The van der Waals surface area contributed by atoms with E-state index in [4.69, 9.17) is 10.5 Å². The maximum absolute atomic E-state index is 5.76. The molecule has 0 fully saturated rings. The van der Waals surface area contributed by atoms with E-state index in [0.717, 1.165) is 48.3 Å². The average Bonchev–Trinajstić information content (AvgIpc) is 2.61. The molecule has 3 N–H and O–H groups in total. The minimum Gasteiger partial charge on any atom is -0.494 e. The molecule has 0 bridgehead atoms. The monoisotopic (exact) mass is 322 g/mol. The number of hydrogen-bond acceptors (Lipinski definition) is 5. The number of anilines is 2. The first-order valence-corrected chi connectivity index (χ1v) is 8.22. The molecule has 0 amide bonds. The minimum atomic E-state index is 0.634. The van der Waals surface area contributed by atoms with E-state index in [1.54, 1.807) is 6.20 Å². The van der Waals surface area contributed by atoms with Crippen molar-refractivity contribution in [3.63, 3.8) is 0 Å². The third-order valence-corrected chi connectivity index (χ3v) is 3.70. The van der Waals surface area contributed by atoms with Gasteiger partial charge in [-0.1, -0.05) is 19.1 Å². The Balaban J connectivity index is 1.55. The summed E-state index contributed by atoms with van der Waals surface area (Å²) in [5.74, 6) is 1.56. The van der Waals surface area contributed by atoms with Crippen molar-refractivity contribution in [2.24, 2.45) is 0 Å². The third-order valence-electron chi connectivity index (χ3n) is 3.70. The topological polar surface area (TPSA) is 73.1 Å². The van der Waals surface area contributed by atoms with Crippen molar-refractivity contribution < 1.29 is 4.74 Å². The lowest BCUT2D eigenvalue weighted by molar-refractivity contribution is 0.317. The van der Waals surface area contributed by atoms with Crippen LogP contribution in [0.15, 0.2) is 48.7 Å². The molecule has 0 radical (unpaired) electrons. The summed E-state index contributed by atoms with van der Waals surface area (Å²) in [5.41, 5.74) is 8.62. The second kappa shape index (κ2) is 7.64. The highest BCUT2D eigenvalue weighted by atomic mass is 16.5. The molecule has 1 aromatic heterocycles. The van der Waals surface area contributed by atoms with Crippen LogP contribution in [0, 0.1) is 0 Å². The molecule has 0 saturated heterocycles. The van der Waals surface area contributed by atoms with Gasteiger partial charge in [0.1, 0.15) is 5.75 Å². The fourth-order valence-electron chi connectivity index (χ4n) is 2.43. The molecule has 24 heavy (non-hydrogen) atoms. The van der Waals surface area contributed by atoms with Gasteiger partial charge in [-0.3, -0.25) is 0 Å². The van der Waals surface area contributed by atoms with E-state index in [0.29, 0.717) is 5.95 Å². The quantitative estimate of drug-likeness (QED) is 0.650. The molecular weight excluding hydrogens is 300 g/mol.